The molecule has 37 heavy (non-hydrogen) atoms. The van der Waals surface area contributed by atoms with Crippen molar-refractivity contribution in [2.24, 2.45) is 0 Å². The topological polar surface area (TPSA) is 95.6 Å². The molecule has 2 unspecified atom stereocenters. The first-order valence-corrected chi connectivity index (χ1v) is 12.7. The predicted octanol–water partition coefficient (Wildman–Crippen LogP) is 4.20. The van der Waals surface area contributed by atoms with Crippen LogP contribution in [-0.2, 0) is 14.3 Å². The van der Waals surface area contributed by atoms with Crippen LogP contribution in [0.15, 0.2) is 52.6 Å². The molecule has 5 rings (SSSR count). The molecule has 0 aromatic heterocycles. The number of rotatable bonds is 6. The third-order valence-electron chi connectivity index (χ3n) is 6.20. The summed E-state index contributed by atoms with van der Waals surface area (Å²) < 4.78 is 27.4. The lowest BCUT2D eigenvalue weighted by atomic mass is 9.93. The first kappa shape index (κ1) is 24.9. The molecule has 0 radical (unpaired) electrons. The summed E-state index contributed by atoms with van der Waals surface area (Å²) in [4.78, 5) is 28.9. The van der Waals surface area contributed by atoms with Crippen LogP contribution in [0.2, 0.25) is 0 Å². The number of nitrogens with one attached hydrogen (secondary N) is 1. The summed E-state index contributed by atoms with van der Waals surface area (Å²) in [6.07, 6.45) is 1.77. The van der Waals surface area contributed by atoms with Crippen LogP contribution >= 0.6 is 11.8 Å². The summed E-state index contributed by atoms with van der Waals surface area (Å²) in [6, 6.07) is 10.3. The molecule has 9 nitrogen and oxygen atoms in total. The van der Waals surface area contributed by atoms with Crippen LogP contribution in [0, 0.1) is 0 Å². The van der Waals surface area contributed by atoms with E-state index in [1.54, 1.807) is 24.1 Å². The third kappa shape index (κ3) is 4.57. The summed E-state index contributed by atoms with van der Waals surface area (Å²) in [5, 5.41) is 3.30. The molecule has 1 amide bonds. The highest BCUT2D eigenvalue weighted by atomic mass is 32.2. The number of amides is 1. The van der Waals surface area contributed by atoms with Gasteiger partial charge in [-0.25, -0.2) is 4.79 Å². The van der Waals surface area contributed by atoms with Gasteiger partial charge in [0.25, 0.3) is 5.91 Å². The number of benzene rings is 2. The van der Waals surface area contributed by atoms with E-state index in [1.807, 2.05) is 51.1 Å². The van der Waals surface area contributed by atoms with Crippen molar-refractivity contribution >= 4 is 29.7 Å². The first-order valence-electron chi connectivity index (χ1n) is 11.8. The number of nitrogens with zero attached hydrogens (tertiary/aromatic N) is 1. The number of allylic oxidation sites excluding steroid dienone is 1. The maximum absolute atomic E-state index is 13.8. The van der Waals surface area contributed by atoms with Crippen molar-refractivity contribution < 1.29 is 33.3 Å². The zero-order valence-corrected chi connectivity index (χ0v) is 22.0. The van der Waals surface area contributed by atoms with Gasteiger partial charge in [0.15, 0.2) is 28.5 Å². The third-order valence-corrected chi connectivity index (χ3v) is 7.31. The van der Waals surface area contributed by atoms with Gasteiger partial charge in [0.05, 0.1) is 36.8 Å². The minimum absolute atomic E-state index is 0.0452. The molecule has 194 valence electrons. The Labute approximate surface area is 219 Å². The Hall–Kier alpha value is -3.79. The highest BCUT2D eigenvalue weighted by molar-refractivity contribution is 8.05. The average molecular weight is 525 g/mol. The van der Waals surface area contributed by atoms with Gasteiger partial charge in [-0.15, -0.1) is 0 Å². The molecule has 3 aliphatic rings. The Balaban J connectivity index is 1.55. The van der Waals surface area contributed by atoms with Crippen LogP contribution in [-0.4, -0.2) is 49.4 Å². The first-order chi connectivity index (χ1) is 17.8. The van der Waals surface area contributed by atoms with Crippen molar-refractivity contribution in [3.63, 3.8) is 0 Å². The summed E-state index contributed by atoms with van der Waals surface area (Å²) in [7, 11) is 2.89. The van der Waals surface area contributed by atoms with Gasteiger partial charge in [-0.1, -0.05) is 23.9 Å². The number of hydrogen-bond acceptors (Lipinski definition) is 9. The van der Waals surface area contributed by atoms with E-state index >= 15 is 0 Å². The predicted molar refractivity (Wildman–Crippen MR) is 138 cm³/mol. The molecule has 3 aliphatic heterocycles. The molecular weight excluding hydrogens is 496 g/mol. The van der Waals surface area contributed by atoms with Gasteiger partial charge in [0.1, 0.15) is 0 Å². The molecule has 0 spiro atoms. The lowest BCUT2D eigenvalue weighted by Gasteiger charge is -2.39. The molecule has 0 saturated carbocycles. The van der Waals surface area contributed by atoms with Gasteiger partial charge >= 0.3 is 5.97 Å². The second-order valence-electron chi connectivity index (χ2n) is 8.96. The number of methoxy groups -OCH3 is 2. The number of carbonyl (C=O) groups excluding carboxylic acids is 2. The molecule has 0 aliphatic carbocycles. The van der Waals surface area contributed by atoms with Crippen LogP contribution in [0.4, 0.5) is 0 Å². The minimum Gasteiger partial charge on any atom is -0.493 e. The monoisotopic (exact) mass is 524 g/mol. The number of thioether (sulfide) groups is 1. The van der Waals surface area contributed by atoms with Gasteiger partial charge in [0.2, 0.25) is 6.79 Å². The van der Waals surface area contributed by atoms with Crippen LogP contribution < -0.4 is 24.3 Å². The quantitative estimate of drug-likeness (QED) is 0.441. The van der Waals surface area contributed by atoms with Crippen molar-refractivity contribution in [2.75, 3.05) is 21.0 Å². The fourth-order valence-electron chi connectivity index (χ4n) is 4.58. The smallest absolute Gasteiger partial charge is 0.337 e. The Morgan fingerprint density at radius 1 is 1.14 bits per heavy atom. The molecule has 0 bridgehead atoms. The zero-order valence-electron chi connectivity index (χ0n) is 21.2. The maximum Gasteiger partial charge on any atom is 0.337 e. The zero-order chi connectivity index (χ0) is 26.3. The fraction of sp³-hybridized carbons (Fsp3) is 0.333. The Kier molecular flexibility index (Phi) is 6.68. The van der Waals surface area contributed by atoms with E-state index in [4.69, 9.17) is 23.7 Å². The maximum atomic E-state index is 13.8. The molecular formula is C27H28N2O7S. The summed E-state index contributed by atoms with van der Waals surface area (Å²) in [5.41, 5.74) is 2.10. The Morgan fingerprint density at radius 3 is 2.65 bits per heavy atom. The molecule has 10 heteroatoms. The van der Waals surface area contributed by atoms with Crippen molar-refractivity contribution in [2.45, 2.75) is 38.4 Å². The number of hydrogen-bond donors (Lipinski definition) is 1. The summed E-state index contributed by atoms with van der Waals surface area (Å²) >= 11 is 1.39. The lowest BCUT2D eigenvalue weighted by Crippen LogP contribution is -2.49. The molecule has 3 heterocycles. The molecule has 1 saturated heterocycles. The minimum atomic E-state index is -0.691. The standard InChI is InChI=1S/C27H28N2O7S/c1-14(2)36-19-9-7-17(12-20(19)32-4)24-23(26(31)33-5)15(3)28-27-29(24)25(30)22(37-27)11-16-6-8-18-21(10-16)35-13-34-18/h6-12,14,24,27-28H,13H2,1-5H3. The van der Waals surface area contributed by atoms with Gasteiger partial charge in [-0.2, -0.15) is 0 Å². The molecule has 1 N–H and O–H groups in total. The second kappa shape index (κ2) is 9.93. The second-order valence-corrected chi connectivity index (χ2v) is 10.1. The normalized spacial score (nSPS) is 21.3. The number of esters is 1. The summed E-state index contributed by atoms with van der Waals surface area (Å²) in [6.45, 7) is 5.85. The highest BCUT2D eigenvalue weighted by Gasteiger charge is 2.48. The highest BCUT2D eigenvalue weighted by Crippen LogP contribution is 2.48. The molecule has 2 aromatic carbocycles. The molecule has 1 fully saturated rings. The van der Waals surface area contributed by atoms with Gasteiger partial charge in [-0.05, 0) is 62.2 Å². The Morgan fingerprint density at radius 2 is 1.92 bits per heavy atom. The van der Waals surface area contributed by atoms with E-state index in [0.29, 0.717) is 44.7 Å². The lowest BCUT2D eigenvalue weighted by molar-refractivity contribution is -0.138. The van der Waals surface area contributed by atoms with Crippen molar-refractivity contribution in [3.05, 3.63) is 63.7 Å². The van der Waals surface area contributed by atoms with Crippen molar-refractivity contribution in [3.8, 4) is 23.0 Å². The van der Waals surface area contributed by atoms with Crippen molar-refractivity contribution in [1.82, 2.24) is 10.2 Å². The molecule has 2 aromatic rings. The van der Waals surface area contributed by atoms with Crippen LogP contribution in [0.1, 0.15) is 37.9 Å². The number of ether oxygens (including phenoxy) is 5. The number of fused-ring (bicyclic) bond motifs is 2. The number of carbonyl (C=O) groups is 2. The van der Waals surface area contributed by atoms with Crippen LogP contribution in [0.3, 0.4) is 0 Å². The fourth-order valence-corrected chi connectivity index (χ4v) is 5.80. The van der Waals surface area contributed by atoms with E-state index in [0.717, 1.165) is 5.56 Å². The van der Waals surface area contributed by atoms with E-state index in [2.05, 4.69) is 5.32 Å². The van der Waals surface area contributed by atoms with E-state index in [-0.39, 0.29) is 18.8 Å². The van der Waals surface area contributed by atoms with Crippen molar-refractivity contribution in [1.29, 1.82) is 0 Å². The van der Waals surface area contributed by atoms with Gasteiger partial charge in [-0.3, -0.25) is 9.69 Å². The Bertz CT molecular complexity index is 1320. The van der Waals surface area contributed by atoms with E-state index in [1.165, 1.54) is 18.9 Å². The van der Waals surface area contributed by atoms with Crippen LogP contribution in [0.5, 0.6) is 23.0 Å². The van der Waals surface area contributed by atoms with E-state index in [9.17, 15) is 9.59 Å². The van der Waals surface area contributed by atoms with Gasteiger partial charge < -0.3 is 29.0 Å². The average Bonchev–Trinajstić information content (AvgIpc) is 3.46. The SMILES string of the molecule is COC(=O)C1=C(C)NC2SC(=Cc3ccc4c(c3)OCO4)C(=O)N2C1c1ccc(OC(C)C)c(OC)c1. The molecule has 2 atom stereocenters. The van der Waals surface area contributed by atoms with E-state index < -0.39 is 17.5 Å². The summed E-state index contributed by atoms with van der Waals surface area (Å²) in [5.74, 6) is 1.69. The van der Waals surface area contributed by atoms with Gasteiger partial charge in [0, 0.05) is 5.70 Å². The van der Waals surface area contributed by atoms with Crippen LogP contribution in [0.25, 0.3) is 6.08 Å². The largest absolute Gasteiger partial charge is 0.493 e.